The largest absolute Gasteiger partial charge is 0.394 e. The van der Waals surface area contributed by atoms with Gasteiger partial charge in [-0.1, -0.05) is 299 Å². The van der Waals surface area contributed by atoms with E-state index in [0.717, 1.165) is 135 Å². The van der Waals surface area contributed by atoms with Gasteiger partial charge >= 0.3 is 0 Å². The maximum Gasteiger partial charge on any atom is 0.220 e. The van der Waals surface area contributed by atoms with Gasteiger partial charge in [-0.25, -0.2) is 0 Å². The Morgan fingerprint density at radius 1 is 0.321 bits per heavy atom. The van der Waals surface area contributed by atoms with E-state index in [1.54, 1.807) is 6.08 Å². The molecule has 0 spiro atoms. The maximum absolute atomic E-state index is 12.5. The van der Waals surface area contributed by atoms with Crippen LogP contribution in [0.4, 0.5) is 0 Å². The number of aliphatic hydroxyl groups excluding tert-OH is 2. The smallest absolute Gasteiger partial charge is 0.220 e. The van der Waals surface area contributed by atoms with Gasteiger partial charge in [0.2, 0.25) is 5.91 Å². The van der Waals surface area contributed by atoms with E-state index < -0.39 is 12.1 Å². The van der Waals surface area contributed by atoms with Crippen LogP contribution in [0.2, 0.25) is 0 Å². The molecular formula is C74H119NO3. The molecule has 0 rings (SSSR count). The Morgan fingerprint density at radius 2 is 0.577 bits per heavy atom. The molecular weight excluding hydrogens is 951 g/mol. The lowest BCUT2D eigenvalue weighted by molar-refractivity contribution is -0.123. The first kappa shape index (κ1) is 73.5. The van der Waals surface area contributed by atoms with Crippen LogP contribution in [0.1, 0.15) is 258 Å². The number of allylic oxidation sites excluding steroid dienone is 29. The van der Waals surface area contributed by atoms with Gasteiger partial charge in [0.25, 0.3) is 0 Å². The molecule has 0 aliphatic heterocycles. The number of carbonyl (C=O) groups is 1. The molecule has 0 aliphatic carbocycles. The third-order valence-corrected chi connectivity index (χ3v) is 13.4. The average Bonchev–Trinajstić information content (AvgIpc) is 3.44. The quantitative estimate of drug-likeness (QED) is 0.0420. The van der Waals surface area contributed by atoms with Crippen molar-refractivity contribution < 1.29 is 15.0 Å². The summed E-state index contributed by atoms with van der Waals surface area (Å²) >= 11 is 0. The summed E-state index contributed by atoms with van der Waals surface area (Å²) in [6, 6.07) is -0.675. The van der Waals surface area contributed by atoms with Crippen LogP contribution in [0.5, 0.6) is 0 Å². The Morgan fingerprint density at radius 3 is 0.897 bits per heavy atom. The molecule has 0 aromatic rings. The van der Waals surface area contributed by atoms with Gasteiger partial charge in [-0.2, -0.15) is 0 Å². The molecule has 0 aliphatic rings. The minimum absolute atomic E-state index is 0.109. The van der Waals surface area contributed by atoms with Crippen molar-refractivity contribution in [3.8, 4) is 0 Å². The van der Waals surface area contributed by atoms with E-state index in [9.17, 15) is 15.0 Å². The summed E-state index contributed by atoms with van der Waals surface area (Å²) in [5.74, 6) is -0.109. The second-order valence-electron chi connectivity index (χ2n) is 20.7. The lowest BCUT2D eigenvalue weighted by atomic mass is 10.0. The highest BCUT2D eigenvalue weighted by Gasteiger charge is 2.18. The van der Waals surface area contributed by atoms with Gasteiger partial charge in [-0.15, -0.1) is 0 Å². The molecule has 2 atom stereocenters. The van der Waals surface area contributed by atoms with Crippen LogP contribution in [0.15, 0.2) is 182 Å². The van der Waals surface area contributed by atoms with Crippen LogP contribution >= 0.6 is 0 Å². The molecule has 0 aromatic carbocycles. The molecule has 4 heteroatoms. The first-order chi connectivity index (χ1) is 38.7. The number of unbranched alkanes of at least 4 members (excludes halogenated alkanes) is 21. The van der Waals surface area contributed by atoms with Crippen LogP contribution in [0.25, 0.3) is 0 Å². The lowest BCUT2D eigenvalue weighted by Gasteiger charge is -2.19. The minimum Gasteiger partial charge on any atom is -0.394 e. The van der Waals surface area contributed by atoms with E-state index in [0.29, 0.717) is 6.42 Å². The van der Waals surface area contributed by atoms with Gasteiger partial charge in [-0.3, -0.25) is 4.79 Å². The van der Waals surface area contributed by atoms with Gasteiger partial charge in [0.15, 0.2) is 0 Å². The zero-order valence-electron chi connectivity index (χ0n) is 50.4. The molecule has 2 unspecified atom stereocenters. The van der Waals surface area contributed by atoms with Crippen LogP contribution in [0, 0.1) is 0 Å². The number of hydrogen-bond donors (Lipinski definition) is 3. The Bertz CT molecular complexity index is 1740. The lowest BCUT2D eigenvalue weighted by Crippen LogP contribution is -2.45. The molecule has 0 bridgehead atoms. The summed E-state index contributed by atoms with van der Waals surface area (Å²) in [6.07, 6.45) is 109. The molecule has 0 heterocycles. The topological polar surface area (TPSA) is 69.6 Å². The Labute approximate surface area is 482 Å². The van der Waals surface area contributed by atoms with Crippen molar-refractivity contribution in [2.45, 2.75) is 270 Å². The van der Waals surface area contributed by atoms with Gasteiger partial charge in [-0.05, 0) is 135 Å². The second kappa shape index (κ2) is 66.8. The van der Waals surface area contributed by atoms with Gasteiger partial charge in [0, 0.05) is 6.42 Å². The summed E-state index contributed by atoms with van der Waals surface area (Å²) in [6.45, 7) is 4.17. The number of hydrogen-bond acceptors (Lipinski definition) is 3. The first-order valence-electron chi connectivity index (χ1n) is 32.0. The predicted octanol–water partition coefficient (Wildman–Crippen LogP) is 22.0. The van der Waals surface area contributed by atoms with E-state index >= 15 is 0 Å². The molecule has 438 valence electrons. The fourth-order valence-corrected chi connectivity index (χ4v) is 8.54. The number of nitrogens with one attached hydrogen (secondary N) is 1. The van der Waals surface area contributed by atoms with Crippen LogP contribution in [0.3, 0.4) is 0 Å². The first-order valence-corrected chi connectivity index (χ1v) is 32.0. The van der Waals surface area contributed by atoms with Crippen LogP contribution in [-0.2, 0) is 4.79 Å². The fraction of sp³-hybridized carbons (Fsp3) is 0.581. The highest BCUT2D eigenvalue weighted by Crippen LogP contribution is 2.15. The highest BCUT2D eigenvalue weighted by atomic mass is 16.3. The standard InChI is InChI=1S/C74H119NO3/c1-3-5-7-9-11-13-15-17-19-21-23-25-27-29-30-31-32-33-34-35-36-37-38-39-40-41-42-43-44-46-48-50-52-54-56-58-60-62-64-66-68-70-74(78)75-72(71-76)73(77)69-67-65-63-61-59-57-55-53-51-49-47-45-28-26-24-22-20-18-16-14-12-10-8-6-4-2/h5,7,11,13,17,19,23,25,29-30,32-33,35-36,38-39,41-42,44,46,50-53,56,58-59,61,67,69,72-73,76-77H,3-4,6,8-10,12,14-16,18,20-22,24,26-28,31,34,37,40,43,45,47-49,54-55,57,60,62-66,68,70-71H2,1-2H3,(H,75,78)/b7-5-,13-11-,19-17-,25-23-,30-29-,33-32-,36-35-,39-38-,42-41-,46-44-,52-50-,53-51+,58-56-,61-59+,69-67+. The third-order valence-electron chi connectivity index (χ3n) is 13.4. The predicted molar refractivity (Wildman–Crippen MR) is 349 cm³/mol. The van der Waals surface area contributed by atoms with Crippen molar-refractivity contribution in [2.75, 3.05) is 6.61 Å². The van der Waals surface area contributed by atoms with Crippen molar-refractivity contribution in [2.24, 2.45) is 0 Å². The van der Waals surface area contributed by atoms with Crippen molar-refractivity contribution in [3.05, 3.63) is 182 Å². The van der Waals surface area contributed by atoms with E-state index in [1.807, 2.05) is 6.08 Å². The summed E-state index contributed by atoms with van der Waals surface area (Å²) in [4.78, 5) is 12.5. The summed E-state index contributed by atoms with van der Waals surface area (Å²) in [7, 11) is 0. The molecule has 78 heavy (non-hydrogen) atoms. The van der Waals surface area contributed by atoms with Crippen molar-refractivity contribution >= 4 is 5.91 Å². The Hall–Kier alpha value is -4.51. The SMILES string of the molecule is CC/C=C\C/C=C\C/C=C\C/C=C\C/C=C\C/C=C\C/C=C\C/C=C\C/C=C\C/C=C\C/C=C\C/C=C\CCCCCCC(=O)NC(CO)C(O)/C=C/CC/C=C/CC/C=C/CCCCCCCCCCCCCCCCC. The van der Waals surface area contributed by atoms with Crippen LogP contribution < -0.4 is 5.32 Å². The molecule has 0 fully saturated rings. The van der Waals surface area contributed by atoms with Gasteiger partial charge in [0.1, 0.15) is 0 Å². The zero-order chi connectivity index (χ0) is 56.2. The molecule has 0 saturated carbocycles. The highest BCUT2D eigenvalue weighted by molar-refractivity contribution is 5.76. The minimum atomic E-state index is -0.896. The summed E-state index contributed by atoms with van der Waals surface area (Å²) in [5.41, 5.74) is 0. The van der Waals surface area contributed by atoms with E-state index in [-0.39, 0.29) is 12.5 Å². The average molecular weight is 1070 g/mol. The van der Waals surface area contributed by atoms with E-state index in [4.69, 9.17) is 0 Å². The van der Waals surface area contributed by atoms with Gasteiger partial charge < -0.3 is 15.5 Å². The van der Waals surface area contributed by atoms with Crippen molar-refractivity contribution in [1.29, 1.82) is 0 Å². The summed E-state index contributed by atoms with van der Waals surface area (Å²) in [5, 5.41) is 23.2. The second-order valence-corrected chi connectivity index (χ2v) is 20.7. The van der Waals surface area contributed by atoms with Crippen molar-refractivity contribution in [1.82, 2.24) is 5.32 Å². The maximum atomic E-state index is 12.5. The van der Waals surface area contributed by atoms with E-state index in [1.165, 1.54) is 103 Å². The Balaban J connectivity index is 3.73. The zero-order valence-corrected chi connectivity index (χ0v) is 50.4. The number of carbonyl (C=O) groups excluding carboxylic acids is 1. The van der Waals surface area contributed by atoms with E-state index in [2.05, 4.69) is 189 Å². The number of rotatable bonds is 56. The summed E-state index contributed by atoms with van der Waals surface area (Å²) < 4.78 is 0. The number of amides is 1. The Kier molecular flexibility index (Phi) is 62.9. The normalized spacial score (nSPS) is 14.1. The third kappa shape index (κ3) is 62.3. The molecule has 0 aromatic heterocycles. The number of aliphatic hydroxyl groups is 2. The van der Waals surface area contributed by atoms with Crippen LogP contribution in [-0.4, -0.2) is 34.9 Å². The molecule has 3 N–H and O–H groups in total. The fourth-order valence-electron chi connectivity index (χ4n) is 8.54. The molecule has 0 radical (unpaired) electrons. The molecule has 0 saturated heterocycles. The molecule has 4 nitrogen and oxygen atoms in total. The molecule has 1 amide bonds. The monoisotopic (exact) mass is 1070 g/mol. The van der Waals surface area contributed by atoms with Gasteiger partial charge in [0.05, 0.1) is 18.8 Å². The van der Waals surface area contributed by atoms with Crippen molar-refractivity contribution in [3.63, 3.8) is 0 Å².